The SMILES string of the molecule is C=CS(=O)(=O)CN1CCCC[C@H]1c1nc(-c2c#cc(C(=O)Nc3cc(CCC)ccn3)cc2)c2c(N)nccn12. The van der Waals surface area contributed by atoms with E-state index in [9.17, 15) is 13.2 Å². The molecule has 11 heteroatoms. The van der Waals surface area contributed by atoms with Crippen LogP contribution in [0.25, 0.3) is 16.8 Å². The van der Waals surface area contributed by atoms with Crippen molar-refractivity contribution in [2.75, 3.05) is 23.5 Å². The summed E-state index contributed by atoms with van der Waals surface area (Å²) in [5.74, 6) is 0.956. The van der Waals surface area contributed by atoms with Crippen LogP contribution in [-0.2, 0) is 16.3 Å². The standard InChI is InChI=1S/C29H31N7O3S/c1-3-7-20-13-14-31-24(18-20)33-29(37)22-11-9-21(10-12-22)25-26-27(30)32-15-17-36(26)28(34-25)23-8-5-6-16-35(23)19-40(38,39)4-2/h4,9,11,13-15,17-18,23H,2-3,5-8,16,19H2,1H3,(H2,30,32)(H,31,33,37)/t23-/m0/s1. The Balaban J connectivity index is 1.46. The van der Waals surface area contributed by atoms with Crippen LogP contribution in [0.1, 0.15) is 60.4 Å². The molecule has 1 fully saturated rings. The van der Waals surface area contributed by atoms with Crippen LogP contribution in [0.4, 0.5) is 11.6 Å². The van der Waals surface area contributed by atoms with E-state index in [0.717, 1.165) is 43.1 Å². The van der Waals surface area contributed by atoms with Gasteiger partial charge in [0, 0.05) is 24.0 Å². The number of nitrogens with one attached hydrogen (secondary N) is 1. The summed E-state index contributed by atoms with van der Waals surface area (Å²) in [5, 5.41) is 3.81. The van der Waals surface area contributed by atoms with Gasteiger partial charge in [0.1, 0.15) is 34.5 Å². The van der Waals surface area contributed by atoms with E-state index >= 15 is 0 Å². The molecule has 1 aromatic carbocycles. The van der Waals surface area contributed by atoms with Gasteiger partial charge in [0.25, 0.3) is 5.91 Å². The Morgan fingerprint density at radius 3 is 2.83 bits per heavy atom. The van der Waals surface area contributed by atoms with Crippen molar-refractivity contribution in [1.82, 2.24) is 24.3 Å². The number of sulfone groups is 1. The number of pyridine rings is 1. The number of aromatic nitrogens is 4. The molecule has 0 bridgehead atoms. The number of carbonyl (C=O) groups excluding carboxylic acids is 1. The molecule has 206 valence electrons. The zero-order valence-corrected chi connectivity index (χ0v) is 23.1. The van der Waals surface area contributed by atoms with Crippen LogP contribution >= 0.6 is 0 Å². The summed E-state index contributed by atoms with van der Waals surface area (Å²) in [6.07, 6.45) is 9.54. The quantitative estimate of drug-likeness (QED) is 0.312. The van der Waals surface area contributed by atoms with Gasteiger partial charge in [-0.3, -0.25) is 14.1 Å². The van der Waals surface area contributed by atoms with Gasteiger partial charge in [0.15, 0.2) is 9.84 Å². The fraction of sp³-hybridized carbons (Fsp3) is 0.310. The lowest BCUT2D eigenvalue weighted by Crippen LogP contribution is -2.37. The minimum absolute atomic E-state index is 0.133. The van der Waals surface area contributed by atoms with Crippen LogP contribution in [0.15, 0.2) is 54.8 Å². The number of nitrogen functional groups attached to an aromatic ring is 1. The van der Waals surface area contributed by atoms with E-state index in [-0.39, 0.29) is 23.6 Å². The number of fused-ring (bicyclic) bond motifs is 1. The Kier molecular flexibility index (Phi) is 7.82. The number of likely N-dealkylation sites (tertiary alicyclic amines) is 1. The zero-order chi connectivity index (χ0) is 28.3. The fourth-order valence-electron chi connectivity index (χ4n) is 5.06. The molecule has 4 heterocycles. The van der Waals surface area contributed by atoms with Crippen molar-refractivity contribution in [2.45, 2.75) is 45.1 Å². The van der Waals surface area contributed by atoms with Gasteiger partial charge >= 0.3 is 0 Å². The van der Waals surface area contributed by atoms with Gasteiger partial charge in [-0.25, -0.2) is 23.4 Å². The molecule has 3 aromatic heterocycles. The van der Waals surface area contributed by atoms with Crippen molar-refractivity contribution < 1.29 is 13.2 Å². The summed E-state index contributed by atoms with van der Waals surface area (Å²) in [7, 11) is -3.45. The molecule has 40 heavy (non-hydrogen) atoms. The number of rotatable bonds is 9. The normalized spacial score (nSPS) is 16.0. The van der Waals surface area contributed by atoms with Crippen molar-refractivity contribution in [1.29, 1.82) is 0 Å². The lowest BCUT2D eigenvalue weighted by Gasteiger charge is -2.34. The van der Waals surface area contributed by atoms with Gasteiger partial charge < -0.3 is 11.1 Å². The van der Waals surface area contributed by atoms with E-state index in [1.807, 2.05) is 21.4 Å². The number of piperidine rings is 1. The monoisotopic (exact) mass is 557 g/mol. The molecule has 1 saturated heterocycles. The van der Waals surface area contributed by atoms with Crippen LogP contribution < -0.4 is 11.1 Å². The minimum Gasteiger partial charge on any atom is -0.382 e. The van der Waals surface area contributed by atoms with Gasteiger partial charge in [-0.2, -0.15) is 0 Å². The van der Waals surface area contributed by atoms with Crippen LogP contribution in [0.3, 0.4) is 0 Å². The van der Waals surface area contributed by atoms with E-state index in [1.54, 1.807) is 30.7 Å². The topological polar surface area (TPSA) is 136 Å². The van der Waals surface area contributed by atoms with Gasteiger partial charge in [-0.05, 0) is 55.6 Å². The average Bonchev–Trinajstić information content (AvgIpc) is 3.34. The molecule has 0 saturated carbocycles. The molecular weight excluding hydrogens is 526 g/mol. The average molecular weight is 558 g/mol. The third-order valence-electron chi connectivity index (χ3n) is 6.97. The molecule has 0 spiro atoms. The summed E-state index contributed by atoms with van der Waals surface area (Å²) in [4.78, 5) is 28.2. The Morgan fingerprint density at radius 2 is 2.08 bits per heavy atom. The first kappa shape index (κ1) is 27.3. The molecule has 0 radical (unpaired) electrons. The molecule has 3 N–H and O–H groups in total. The molecule has 1 aliphatic rings. The Bertz CT molecular complexity index is 1650. The van der Waals surface area contributed by atoms with Crippen LogP contribution in [-0.4, -0.2) is 51.0 Å². The number of hydrogen-bond donors (Lipinski definition) is 2. The van der Waals surface area contributed by atoms with Crippen LogP contribution in [0, 0.1) is 12.1 Å². The third kappa shape index (κ3) is 5.68. The fourth-order valence-corrected chi connectivity index (χ4v) is 5.93. The molecule has 1 aliphatic heterocycles. The summed E-state index contributed by atoms with van der Waals surface area (Å²) in [6.45, 7) is 6.18. The number of amides is 1. The Labute approximate surface area is 233 Å². The molecule has 0 aliphatic carbocycles. The minimum atomic E-state index is -3.45. The first-order chi connectivity index (χ1) is 19.3. The van der Waals surface area contributed by atoms with Crippen molar-refractivity contribution in [3.63, 3.8) is 0 Å². The number of hydrogen-bond acceptors (Lipinski definition) is 8. The summed E-state index contributed by atoms with van der Waals surface area (Å²) in [6, 6.07) is 12.9. The molecule has 0 unspecified atom stereocenters. The van der Waals surface area contributed by atoms with E-state index in [1.165, 1.54) is 0 Å². The van der Waals surface area contributed by atoms with Crippen molar-refractivity contribution >= 4 is 32.9 Å². The molecular formula is C29H31N7O3S. The Morgan fingerprint density at radius 1 is 1.23 bits per heavy atom. The third-order valence-corrected chi connectivity index (χ3v) is 8.17. The number of anilines is 2. The maximum Gasteiger partial charge on any atom is 0.265 e. The largest absolute Gasteiger partial charge is 0.382 e. The van der Waals surface area contributed by atoms with Crippen molar-refractivity contribution in [2.24, 2.45) is 0 Å². The molecule has 4 aromatic rings. The second-order valence-corrected chi connectivity index (χ2v) is 11.7. The first-order valence-electron chi connectivity index (χ1n) is 13.2. The lowest BCUT2D eigenvalue weighted by molar-refractivity contribution is 0.102. The second-order valence-electron chi connectivity index (χ2n) is 9.80. The number of nitrogens with zero attached hydrogens (tertiary/aromatic N) is 5. The summed E-state index contributed by atoms with van der Waals surface area (Å²) < 4.78 is 26.6. The smallest absolute Gasteiger partial charge is 0.265 e. The predicted molar refractivity (Wildman–Crippen MR) is 154 cm³/mol. The molecule has 1 atom stereocenters. The van der Waals surface area contributed by atoms with Gasteiger partial charge in [-0.15, -0.1) is 0 Å². The van der Waals surface area contributed by atoms with E-state index < -0.39 is 9.84 Å². The number of imidazole rings is 1. The number of nitrogens with two attached hydrogens (primary N) is 1. The van der Waals surface area contributed by atoms with E-state index in [2.05, 4.69) is 40.9 Å². The highest BCUT2D eigenvalue weighted by Crippen LogP contribution is 2.35. The highest BCUT2D eigenvalue weighted by atomic mass is 32.2. The summed E-state index contributed by atoms with van der Waals surface area (Å²) in [5.41, 5.74) is 9.42. The molecule has 1 amide bonds. The molecule has 10 nitrogen and oxygen atoms in total. The number of aryl methyl sites for hydroxylation is 1. The predicted octanol–water partition coefficient (Wildman–Crippen LogP) is 4.22. The van der Waals surface area contributed by atoms with Crippen LogP contribution in [0.2, 0.25) is 0 Å². The van der Waals surface area contributed by atoms with E-state index in [0.29, 0.717) is 40.5 Å². The molecule has 5 rings (SSSR count). The van der Waals surface area contributed by atoms with E-state index in [4.69, 9.17) is 10.7 Å². The maximum atomic E-state index is 12.9. The van der Waals surface area contributed by atoms with Gasteiger partial charge in [-0.1, -0.05) is 38.5 Å². The van der Waals surface area contributed by atoms with Gasteiger partial charge in [0.2, 0.25) is 0 Å². The number of carbonyl (C=O) groups is 1. The van der Waals surface area contributed by atoms with Crippen molar-refractivity contribution in [3.8, 4) is 11.3 Å². The second kappa shape index (κ2) is 11.5. The summed E-state index contributed by atoms with van der Waals surface area (Å²) >= 11 is 0. The highest BCUT2D eigenvalue weighted by Gasteiger charge is 2.31. The van der Waals surface area contributed by atoms with Crippen LogP contribution in [0.5, 0.6) is 0 Å². The zero-order valence-electron chi connectivity index (χ0n) is 22.3. The lowest BCUT2D eigenvalue weighted by atomic mass is 10.0. The van der Waals surface area contributed by atoms with Gasteiger partial charge in [0.05, 0.1) is 17.2 Å². The van der Waals surface area contributed by atoms with Crippen molar-refractivity contribution in [3.05, 3.63) is 83.9 Å². The maximum absolute atomic E-state index is 12.9. The highest BCUT2D eigenvalue weighted by molar-refractivity contribution is 7.94. The first-order valence-corrected chi connectivity index (χ1v) is 14.9. The Hall–Kier alpha value is -4.27.